The first kappa shape index (κ1) is 19.6. The number of nitrogens with zero attached hydrogens (tertiary/aromatic N) is 7. The van der Waals surface area contributed by atoms with Crippen LogP contribution in [-0.2, 0) is 13.6 Å². The Morgan fingerprint density at radius 3 is 2.52 bits per heavy atom. The smallest absolute Gasteiger partial charge is 0.225 e. The molecule has 2 fully saturated rings. The SMILES string of the molecule is Cc1nnc(CN=C(NC2CCCC2)NC2CCCN(c3ncccn3)C2)n1C. The van der Waals surface area contributed by atoms with Crippen molar-refractivity contribution in [1.82, 2.24) is 35.4 Å². The largest absolute Gasteiger partial charge is 0.354 e. The Kier molecular flexibility index (Phi) is 6.21. The number of hydrogen-bond acceptors (Lipinski definition) is 6. The molecule has 1 saturated carbocycles. The summed E-state index contributed by atoms with van der Waals surface area (Å²) in [5, 5.41) is 15.7. The van der Waals surface area contributed by atoms with E-state index < -0.39 is 0 Å². The topological polar surface area (TPSA) is 96.2 Å². The molecule has 4 rings (SSSR count). The predicted octanol–water partition coefficient (Wildman–Crippen LogP) is 1.56. The van der Waals surface area contributed by atoms with E-state index in [0.29, 0.717) is 18.6 Å². The van der Waals surface area contributed by atoms with Gasteiger partial charge in [-0.3, -0.25) is 0 Å². The summed E-state index contributed by atoms with van der Waals surface area (Å²) in [5.74, 6) is 3.45. The summed E-state index contributed by atoms with van der Waals surface area (Å²) in [6.07, 6.45) is 10.8. The highest BCUT2D eigenvalue weighted by Gasteiger charge is 2.24. The van der Waals surface area contributed by atoms with E-state index in [1.165, 1.54) is 25.7 Å². The number of anilines is 1. The number of piperidine rings is 1. The number of nitrogens with one attached hydrogen (secondary N) is 2. The number of rotatable bonds is 5. The third kappa shape index (κ3) is 5.02. The Hall–Kier alpha value is -2.71. The van der Waals surface area contributed by atoms with Gasteiger partial charge in [0, 0.05) is 44.6 Å². The third-order valence-corrected chi connectivity index (χ3v) is 5.85. The Morgan fingerprint density at radius 1 is 1.07 bits per heavy atom. The molecule has 0 bridgehead atoms. The normalized spacial score (nSPS) is 20.8. The van der Waals surface area contributed by atoms with Crippen molar-refractivity contribution in [3.05, 3.63) is 30.1 Å². The standard InChI is InChI=1S/C20H31N9/c1-15-26-27-18(28(15)2)13-23-19(24-16-7-3-4-8-16)25-17-9-5-12-29(14-17)20-21-10-6-11-22-20/h6,10-11,16-17H,3-5,7-9,12-14H2,1-2H3,(H2,23,24,25). The number of aryl methyl sites for hydroxylation is 1. The predicted molar refractivity (Wildman–Crippen MR) is 113 cm³/mol. The number of hydrogen-bond donors (Lipinski definition) is 2. The second-order valence-electron chi connectivity index (χ2n) is 7.99. The summed E-state index contributed by atoms with van der Waals surface area (Å²) in [5.41, 5.74) is 0. The van der Waals surface area contributed by atoms with Crippen molar-refractivity contribution in [1.29, 1.82) is 0 Å². The summed E-state index contributed by atoms with van der Waals surface area (Å²) < 4.78 is 1.99. The fourth-order valence-electron chi connectivity index (χ4n) is 4.06. The molecule has 2 aliphatic rings. The molecule has 9 nitrogen and oxygen atoms in total. The zero-order valence-corrected chi connectivity index (χ0v) is 17.4. The van der Waals surface area contributed by atoms with Crippen LogP contribution in [0.1, 0.15) is 50.2 Å². The van der Waals surface area contributed by atoms with Crippen molar-refractivity contribution in [3.63, 3.8) is 0 Å². The average Bonchev–Trinajstić information content (AvgIpc) is 3.37. The van der Waals surface area contributed by atoms with E-state index in [0.717, 1.165) is 49.5 Å². The molecule has 0 amide bonds. The number of aromatic nitrogens is 5. The van der Waals surface area contributed by atoms with E-state index in [-0.39, 0.29) is 0 Å². The Morgan fingerprint density at radius 2 is 1.79 bits per heavy atom. The summed E-state index contributed by atoms with van der Waals surface area (Å²) in [7, 11) is 1.98. The molecule has 2 N–H and O–H groups in total. The average molecular weight is 398 g/mol. The van der Waals surface area contributed by atoms with Crippen molar-refractivity contribution in [3.8, 4) is 0 Å². The molecule has 9 heteroatoms. The molecule has 156 valence electrons. The second-order valence-corrected chi connectivity index (χ2v) is 7.99. The van der Waals surface area contributed by atoms with Gasteiger partial charge in [0.2, 0.25) is 5.95 Å². The highest BCUT2D eigenvalue weighted by atomic mass is 15.3. The lowest BCUT2D eigenvalue weighted by molar-refractivity contribution is 0.458. The van der Waals surface area contributed by atoms with E-state index in [4.69, 9.17) is 4.99 Å². The zero-order chi connectivity index (χ0) is 20.1. The van der Waals surface area contributed by atoms with Crippen LogP contribution in [-0.4, -0.2) is 55.9 Å². The summed E-state index contributed by atoms with van der Waals surface area (Å²) >= 11 is 0. The van der Waals surface area contributed by atoms with Crippen molar-refractivity contribution in [2.45, 2.75) is 64.1 Å². The second kappa shape index (κ2) is 9.19. The maximum Gasteiger partial charge on any atom is 0.225 e. The molecule has 0 aromatic carbocycles. The Bertz CT molecular complexity index is 811. The minimum atomic E-state index is 0.307. The molecule has 0 radical (unpaired) electrons. The van der Waals surface area contributed by atoms with E-state index in [1.807, 2.05) is 24.6 Å². The quantitative estimate of drug-likeness (QED) is 0.584. The molecule has 1 saturated heterocycles. The fourth-order valence-corrected chi connectivity index (χ4v) is 4.06. The van der Waals surface area contributed by atoms with E-state index in [1.54, 1.807) is 12.4 Å². The van der Waals surface area contributed by atoms with Gasteiger partial charge in [0.25, 0.3) is 0 Å². The van der Waals surface area contributed by atoms with Gasteiger partial charge in [-0.1, -0.05) is 12.8 Å². The molecular weight excluding hydrogens is 366 g/mol. The molecule has 1 atom stereocenters. The van der Waals surface area contributed by atoms with Crippen LogP contribution in [0.5, 0.6) is 0 Å². The van der Waals surface area contributed by atoms with Crippen molar-refractivity contribution in [2.24, 2.45) is 12.0 Å². The Labute approximate surface area is 172 Å². The highest BCUT2D eigenvalue weighted by molar-refractivity contribution is 5.80. The van der Waals surface area contributed by atoms with E-state index in [9.17, 15) is 0 Å². The van der Waals surface area contributed by atoms with Crippen LogP contribution in [0.3, 0.4) is 0 Å². The Balaban J connectivity index is 1.43. The van der Waals surface area contributed by atoms with Crippen LogP contribution in [0.25, 0.3) is 0 Å². The molecule has 0 spiro atoms. The van der Waals surface area contributed by atoms with Gasteiger partial charge >= 0.3 is 0 Å². The van der Waals surface area contributed by atoms with E-state index in [2.05, 4.69) is 35.7 Å². The van der Waals surface area contributed by atoms with Crippen molar-refractivity contribution in [2.75, 3.05) is 18.0 Å². The maximum absolute atomic E-state index is 4.84. The number of guanidine groups is 1. The molecule has 1 unspecified atom stereocenters. The van der Waals surface area contributed by atoms with Gasteiger partial charge in [0.1, 0.15) is 12.4 Å². The molecular formula is C20H31N9. The molecule has 29 heavy (non-hydrogen) atoms. The molecule has 1 aliphatic heterocycles. The van der Waals surface area contributed by atoms with Gasteiger partial charge in [-0.2, -0.15) is 0 Å². The zero-order valence-electron chi connectivity index (χ0n) is 17.4. The molecule has 2 aromatic heterocycles. The number of aliphatic imine (C=N–C) groups is 1. The van der Waals surface area contributed by atoms with Gasteiger partial charge in [-0.15, -0.1) is 10.2 Å². The van der Waals surface area contributed by atoms with E-state index >= 15 is 0 Å². The van der Waals surface area contributed by atoms with Crippen LogP contribution in [0.15, 0.2) is 23.5 Å². The first-order valence-corrected chi connectivity index (χ1v) is 10.6. The lowest BCUT2D eigenvalue weighted by atomic mass is 10.1. The fraction of sp³-hybridized carbons (Fsp3) is 0.650. The van der Waals surface area contributed by atoms with Crippen LogP contribution >= 0.6 is 0 Å². The van der Waals surface area contributed by atoms with Gasteiger partial charge in [-0.05, 0) is 38.7 Å². The molecule has 3 heterocycles. The van der Waals surface area contributed by atoms with Crippen LogP contribution < -0.4 is 15.5 Å². The monoisotopic (exact) mass is 397 g/mol. The van der Waals surface area contributed by atoms with Gasteiger partial charge in [0.15, 0.2) is 11.8 Å². The lowest BCUT2D eigenvalue weighted by Gasteiger charge is -2.34. The van der Waals surface area contributed by atoms with Gasteiger partial charge in [0.05, 0.1) is 0 Å². The third-order valence-electron chi connectivity index (χ3n) is 5.85. The van der Waals surface area contributed by atoms with Crippen molar-refractivity contribution < 1.29 is 0 Å². The highest BCUT2D eigenvalue weighted by Crippen LogP contribution is 2.18. The van der Waals surface area contributed by atoms with Crippen LogP contribution in [0, 0.1) is 6.92 Å². The van der Waals surface area contributed by atoms with Crippen LogP contribution in [0.2, 0.25) is 0 Å². The summed E-state index contributed by atoms with van der Waals surface area (Å²) in [6.45, 7) is 4.33. The maximum atomic E-state index is 4.84. The minimum absolute atomic E-state index is 0.307. The molecule has 1 aliphatic carbocycles. The minimum Gasteiger partial charge on any atom is -0.354 e. The first-order valence-electron chi connectivity index (χ1n) is 10.6. The van der Waals surface area contributed by atoms with Crippen LogP contribution in [0.4, 0.5) is 5.95 Å². The first-order chi connectivity index (χ1) is 14.2. The molecule has 2 aromatic rings. The summed E-state index contributed by atoms with van der Waals surface area (Å²) in [4.78, 5) is 15.9. The van der Waals surface area contributed by atoms with Crippen molar-refractivity contribution >= 4 is 11.9 Å². The lowest BCUT2D eigenvalue weighted by Crippen LogP contribution is -2.53. The van der Waals surface area contributed by atoms with Gasteiger partial charge < -0.3 is 20.1 Å². The summed E-state index contributed by atoms with van der Waals surface area (Å²) in [6, 6.07) is 2.66. The van der Waals surface area contributed by atoms with Gasteiger partial charge in [-0.25, -0.2) is 15.0 Å².